The molecule has 0 aromatic rings. The summed E-state index contributed by atoms with van der Waals surface area (Å²) in [4.78, 5) is 10.8. The number of carbonyl (C=O) groups is 1. The van der Waals surface area contributed by atoms with Crippen LogP contribution in [0.2, 0.25) is 0 Å². The lowest BCUT2D eigenvalue weighted by Gasteiger charge is -2.03. The zero-order valence-corrected chi connectivity index (χ0v) is 7.97. The highest BCUT2D eigenvalue weighted by atomic mass is 16.2. The molecule has 0 rings (SSSR count). The van der Waals surface area contributed by atoms with E-state index in [0.29, 0.717) is 6.54 Å². The van der Waals surface area contributed by atoms with E-state index < -0.39 is 0 Å². The summed E-state index contributed by atoms with van der Waals surface area (Å²) in [5.74, 6) is 0. The van der Waals surface area contributed by atoms with Gasteiger partial charge in [-0.3, -0.25) is 0 Å². The van der Waals surface area contributed by atoms with Crippen molar-refractivity contribution in [1.82, 2.24) is 10.6 Å². The number of allylic oxidation sites excluding steroid dienone is 3. The van der Waals surface area contributed by atoms with Gasteiger partial charge in [0.1, 0.15) is 0 Å². The minimum absolute atomic E-state index is 0.165. The van der Waals surface area contributed by atoms with Crippen molar-refractivity contribution in [1.29, 1.82) is 0 Å². The van der Waals surface area contributed by atoms with Crippen LogP contribution >= 0.6 is 0 Å². The molecule has 0 saturated carbocycles. The predicted octanol–water partition coefficient (Wildman–Crippen LogP) is 1.60. The highest BCUT2D eigenvalue weighted by Gasteiger charge is 1.95. The van der Waals surface area contributed by atoms with Crippen LogP contribution in [0.5, 0.6) is 0 Å². The van der Waals surface area contributed by atoms with Crippen LogP contribution in [-0.4, -0.2) is 19.6 Å². The second-order valence-electron chi connectivity index (χ2n) is 2.44. The Morgan fingerprint density at radius 1 is 1.46 bits per heavy atom. The van der Waals surface area contributed by atoms with Gasteiger partial charge in [0.25, 0.3) is 0 Å². The molecule has 2 N–H and O–H groups in total. The monoisotopic (exact) mass is 180 g/mol. The SMILES string of the molecule is C=C/C=C(\C=C)CCNC(=O)NC. The lowest BCUT2D eigenvalue weighted by Crippen LogP contribution is -2.33. The fourth-order valence-electron chi connectivity index (χ4n) is 0.814. The summed E-state index contributed by atoms with van der Waals surface area (Å²) >= 11 is 0. The molecule has 0 heterocycles. The predicted molar refractivity (Wildman–Crippen MR) is 55.6 cm³/mol. The molecule has 0 aliphatic rings. The Morgan fingerprint density at radius 3 is 2.62 bits per heavy atom. The van der Waals surface area contributed by atoms with Gasteiger partial charge < -0.3 is 10.6 Å². The van der Waals surface area contributed by atoms with Crippen LogP contribution in [-0.2, 0) is 0 Å². The van der Waals surface area contributed by atoms with Crippen LogP contribution < -0.4 is 10.6 Å². The standard InChI is InChI=1S/C10H16N2O/c1-4-6-9(5-2)7-8-12-10(13)11-3/h4-6H,1-2,7-8H2,3H3,(H2,11,12,13)/b9-6+. The summed E-state index contributed by atoms with van der Waals surface area (Å²) in [5.41, 5.74) is 1.06. The third-order valence-corrected chi connectivity index (χ3v) is 1.52. The zero-order chi connectivity index (χ0) is 10.1. The largest absolute Gasteiger partial charge is 0.341 e. The summed E-state index contributed by atoms with van der Waals surface area (Å²) in [6, 6.07) is -0.165. The van der Waals surface area contributed by atoms with Crippen LogP contribution in [0, 0.1) is 0 Å². The van der Waals surface area contributed by atoms with Gasteiger partial charge in [-0.2, -0.15) is 0 Å². The van der Waals surface area contributed by atoms with Gasteiger partial charge in [0.2, 0.25) is 0 Å². The fourth-order valence-corrected chi connectivity index (χ4v) is 0.814. The molecule has 3 heteroatoms. The normalized spacial score (nSPS) is 10.4. The number of nitrogens with one attached hydrogen (secondary N) is 2. The first kappa shape index (κ1) is 11.5. The van der Waals surface area contributed by atoms with Crippen molar-refractivity contribution in [3.05, 3.63) is 37.0 Å². The molecule has 0 radical (unpaired) electrons. The van der Waals surface area contributed by atoms with E-state index in [4.69, 9.17) is 0 Å². The van der Waals surface area contributed by atoms with Crippen LogP contribution in [0.25, 0.3) is 0 Å². The van der Waals surface area contributed by atoms with Gasteiger partial charge >= 0.3 is 6.03 Å². The smallest absolute Gasteiger partial charge is 0.314 e. The quantitative estimate of drug-likeness (QED) is 0.620. The maximum Gasteiger partial charge on any atom is 0.314 e. The fraction of sp³-hybridized carbons (Fsp3) is 0.300. The maximum absolute atomic E-state index is 10.8. The van der Waals surface area contributed by atoms with Crippen LogP contribution in [0.4, 0.5) is 4.79 Å². The molecule has 0 bridgehead atoms. The van der Waals surface area contributed by atoms with Crippen molar-refractivity contribution in [2.75, 3.05) is 13.6 Å². The molecule has 0 aromatic heterocycles. The number of urea groups is 1. The lowest BCUT2D eigenvalue weighted by molar-refractivity contribution is 0.243. The van der Waals surface area contributed by atoms with Gasteiger partial charge in [-0.1, -0.05) is 31.4 Å². The molecule has 0 aliphatic carbocycles. The molecule has 0 unspecified atom stereocenters. The first-order valence-electron chi connectivity index (χ1n) is 4.14. The van der Waals surface area contributed by atoms with E-state index in [1.165, 1.54) is 0 Å². The van der Waals surface area contributed by atoms with E-state index in [9.17, 15) is 4.79 Å². The Hall–Kier alpha value is -1.51. The van der Waals surface area contributed by atoms with Gasteiger partial charge in [0.15, 0.2) is 0 Å². The molecule has 0 atom stereocenters. The lowest BCUT2D eigenvalue weighted by atomic mass is 10.2. The Labute approximate surface area is 79.2 Å². The first-order chi connectivity index (χ1) is 6.24. The topological polar surface area (TPSA) is 41.1 Å². The first-order valence-corrected chi connectivity index (χ1v) is 4.14. The van der Waals surface area contributed by atoms with Crippen molar-refractivity contribution in [3.63, 3.8) is 0 Å². The minimum atomic E-state index is -0.165. The van der Waals surface area contributed by atoms with Crippen molar-refractivity contribution in [2.45, 2.75) is 6.42 Å². The Morgan fingerprint density at radius 2 is 2.15 bits per heavy atom. The third-order valence-electron chi connectivity index (χ3n) is 1.52. The van der Waals surface area contributed by atoms with Crippen molar-refractivity contribution >= 4 is 6.03 Å². The number of rotatable bonds is 5. The van der Waals surface area contributed by atoms with Crippen molar-refractivity contribution < 1.29 is 4.79 Å². The van der Waals surface area contributed by atoms with Gasteiger partial charge in [0.05, 0.1) is 0 Å². The highest BCUT2D eigenvalue weighted by molar-refractivity contribution is 5.73. The number of hydrogen-bond donors (Lipinski definition) is 2. The van der Waals surface area contributed by atoms with E-state index >= 15 is 0 Å². The van der Waals surface area contributed by atoms with Crippen LogP contribution in [0.1, 0.15) is 6.42 Å². The van der Waals surface area contributed by atoms with Gasteiger partial charge in [-0.25, -0.2) is 4.79 Å². The Kier molecular flexibility index (Phi) is 6.32. The highest BCUT2D eigenvalue weighted by Crippen LogP contribution is 2.00. The second-order valence-corrected chi connectivity index (χ2v) is 2.44. The van der Waals surface area contributed by atoms with E-state index in [0.717, 1.165) is 12.0 Å². The molecule has 0 aromatic carbocycles. The number of hydrogen-bond acceptors (Lipinski definition) is 1. The van der Waals surface area contributed by atoms with Gasteiger partial charge in [-0.15, -0.1) is 0 Å². The van der Waals surface area contributed by atoms with Gasteiger partial charge in [-0.05, 0) is 12.0 Å². The number of amides is 2. The molecule has 72 valence electrons. The Bertz CT molecular complexity index is 219. The van der Waals surface area contributed by atoms with Gasteiger partial charge in [0, 0.05) is 13.6 Å². The van der Waals surface area contributed by atoms with Crippen LogP contribution in [0.15, 0.2) is 37.0 Å². The van der Waals surface area contributed by atoms with Crippen LogP contribution in [0.3, 0.4) is 0 Å². The maximum atomic E-state index is 10.8. The van der Waals surface area contributed by atoms with Crippen molar-refractivity contribution in [3.8, 4) is 0 Å². The molecule has 2 amide bonds. The zero-order valence-electron chi connectivity index (χ0n) is 7.97. The third kappa shape index (κ3) is 5.73. The second kappa shape index (κ2) is 7.16. The summed E-state index contributed by atoms with van der Waals surface area (Å²) in [6.07, 6.45) is 6.10. The van der Waals surface area contributed by atoms with E-state index in [-0.39, 0.29) is 6.03 Å². The molecule has 0 aliphatic heterocycles. The summed E-state index contributed by atoms with van der Waals surface area (Å²) in [6.45, 7) is 7.84. The molecule has 0 spiro atoms. The van der Waals surface area contributed by atoms with E-state index in [1.807, 2.05) is 6.08 Å². The molecule has 13 heavy (non-hydrogen) atoms. The molecular formula is C10H16N2O. The van der Waals surface area contributed by atoms with E-state index in [1.54, 1.807) is 19.2 Å². The summed E-state index contributed by atoms with van der Waals surface area (Å²) in [7, 11) is 1.59. The summed E-state index contributed by atoms with van der Waals surface area (Å²) < 4.78 is 0. The molecule has 0 fully saturated rings. The average Bonchev–Trinajstić information content (AvgIpc) is 2.16. The van der Waals surface area contributed by atoms with Crippen molar-refractivity contribution in [2.24, 2.45) is 0 Å². The molecular weight excluding hydrogens is 164 g/mol. The Balaban J connectivity index is 3.73. The average molecular weight is 180 g/mol. The molecule has 0 saturated heterocycles. The molecule has 3 nitrogen and oxygen atoms in total. The minimum Gasteiger partial charge on any atom is -0.341 e. The number of carbonyl (C=O) groups excluding carboxylic acids is 1. The summed E-state index contributed by atoms with van der Waals surface area (Å²) in [5, 5.41) is 5.16. The van der Waals surface area contributed by atoms with E-state index in [2.05, 4.69) is 23.8 Å².